The van der Waals surface area contributed by atoms with Crippen LogP contribution in [0.3, 0.4) is 0 Å². The number of carboxylic acid groups (broad SMARTS) is 1. The van der Waals surface area contributed by atoms with E-state index < -0.39 is 5.97 Å². The summed E-state index contributed by atoms with van der Waals surface area (Å²) in [5.74, 6) is -0.577. The molecule has 2 atom stereocenters. The molecule has 0 spiro atoms. The number of aliphatic carboxylic acids is 1. The van der Waals surface area contributed by atoms with E-state index in [1.54, 1.807) is 0 Å². The lowest BCUT2D eigenvalue weighted by molar-refractivity contribution is -0.140. The molecule has 0 bridgehead atoms. The summed E-state index contributed by atoms with van der Waals surface area (Å²) in [4.78, 5) is 21.3. The first-order valence-electron chi connectivity index (χ1n) is 3.86. The lowest BCUT2D eigenvalue weighted by Crippen LogP contribution is -2.33. The first-order chi connectivity index (χ1) is 5.59. The number of nitrogens with zero attached hydrogens (tertiary/aromatic N) is 1. The highest BCUT2D eigenvalue weighted by atomic mass is 31.0. The van der Waals surface area contributed by atoms with Crippen LogP contribution in [-0.4, -0.2) is 28.2 Å². The maximum atomic E-state index is 11.0. The molecule has 0 aromatic carbocycles. The smallest absolute Gasteiger partial charge is 0.303 e. The predicted molar refractivity (Wildman–Crippen MR) is 46.4 cm³/mol. The van der Waals surface area contributed by atoms with E-state index in [0.717, 1.165) is 0 Å². The summed E-state index contributed by atoms with van der Waals surface area (Å²) in [5.41, 5.74) is 0. The van der Waals surface area contributed by atoms with Crippen LogP contribution in [0.1, 0.15) is 19.3 Å². The van der Waals surface area contributed by atoms with Crippen molar-refractivity contribution in [2.75, 3.05) is 6.54 Å². The van der Waals surface area contributed by atoms with Crippen LogP contribution >= 0.6 is 9.39 Å². The molecule has 5 heteroatoms. The van der Waals surface area contributed by atoms with Crippen LogP contribution in [0.4, 0.5) is 0 Å². The average Bonchev–Trinajstić information content (AvgIpc) is 1.96. The van der Waals surface area contributed by atoms with Gasteiger partial charge in [0.15, 0.2) is 0 Å². The Morgan fingerprint density at radius 2 is 2.42 bits per heavy atom. The molecule has 12 heavy (non-hydrogen) atoms. The molecule has 4 nitrogen and oxygen atoms in total. The molecule has 68 valence electrons. The van der Waals surface area contributed by atoms with Gasteiger partial charge >= 0.3 is 5.97 Å². The van der Waals surface area contributed by atoms with E-state index in [2.05, 4.69) is 9.39 Å². The Kier molecular flexibility index (Phi) is 3.04. The highest BCUT2D eigenvalue weighted by Gasteiger charge is 2.24. The predicted octanol–water partition coefficient (Wildman–Crippen LogP) is 0.490. The van der Waals surface area contributed by atoms with Gasteiger partial charge < -0.3 is 9.78 Å². The van der Waals surface area contributed by atoms with Crippen LogP contribution in [0.25, 0.3) is 0 Å². The zero-order valence-electron chi connectivity index (χ0n) is 6.69. The Balaban J connectivity index is 2.40. The van der Waals surface area contributed by atoms with Crippen LogP contribution in [0.15, 0.2) is 0 Å². The second kappa shape index (κ2) is 3.85. The molecule has 0 aromatic heterocycles. The maximum absolute atomic E-state index is 11.0. The molecule has 2 unspecified atom stereocenters. The van der Waals surface area contributed by atoms with E-state index in [1.165, 1.54) is 4.67 Å². The van der Waals surface area contributed by atoms with Crippen molar-refractivity contribution in [3.63, 3.8) is 0 Å². The van der Waals surface area contributed by atoms with Gasteiger partial charge in [-0.15, -0.1) is 0 Å². The largest absolute Gasteiger partial charge is 0.481 e. The van der Waals surface area contributed by atoms with Crippen molar-refractivity contribution < 1.29 is 14.7 Å². The van der Waals surface area contributed by atoms with Crippen LogP contribution in [0, 0.1) is 5.92 Å². The van der Waals surface area contributed by atoms with Crippen molar-refractivity contribution in [3.05, 3.63) is 0 Å². The van der Waals surface area contributed by atoms with Crippen LogP contribution in [-0.2, 0) is 9.59 Å². The van der Waals surface area contributed by atoms with E-state index >= 15 is 0 Å². The summed E-state index contributed by atoms with van der Waals surface area (Å²) in [6.07, 6.45) is 1.34. The monoisotopic (exact) mass is 189 g/mol. The molecular weight excluding hydrogens is 177 g/mol. The molecule has 0 saturated carbocycles. The summed E-state index contributed by atoms with van der Waals surface area (Å²) < 4.78 is 1.52. The van der Waals surface area contributed by atoms with Crippen LogP contribution in [0.5, 0.6) is 0 Å². The lowest BCUT2D eigenvalue weighted by atomic mass is 9.96. The third kappa shape index (κ3) is 2.45. The molecular formula is C7H12NO3P. The number of amides is 1. The fourth-order valence-electron chi connectivity index (χ4n) is 1.36. The van der Waals surface area contributed by atoms with E-state index in [0.29, 0.717) is 19.4 Å². The molecule has 0 aliphatic carbocycles. The standard InChI is InChI=1S/C7H12NO3P/c9-6-2-1-5(3-7(10)11)4-8(6)12/h5H,1-4,12H2,(H,10,11). The number of rotatable bonds is 2. The average molecular weight is 189 g/mol. The third-order valence-corrected chi connectivity index (χ3v) is 2.50. The molecule has 0 aromatic rings. The minimum atomic E-state index is -0.784. The maximum Gasteiger partial charge on any atom is 0.303 e. The minimum Gasteiger partial charge on any atom is -0.481 e. The van der Waals surface area contributed by atoms with Crippen LogP contribution in [0.2, 0.25) is 0 Å². The van der Waals surface area contributed by atoms with Crippen molar-refractivity contribution in [1.82, 2.24) is 4.67 Å². The van der Waals surface area contributed by atoms with E-state index in [1.807, 2.05) is 0 Å². The second-order valence-electron chi connectivity index (χ2n) is 3.05. The Morgan fingerprint density at radius 3 is 2.92 bits per heavy atom. The number of piperidine rings is 1. The summed E-state index contributed by atoms with van der Waals surface area (Å²) in [7, 11) is 2.32. The summed E-state index contributed by atoms with van der Waals surface area (Å²) in [6.45, 7) is 0.551. The molecule has 1 N–H and O–H groups in total. The Morgan fingerprint density at radius 1 is 1.75 bits per heavy atom. The Labute approximate surface area is 73.2 Å². The molecule has 1 rings (SSSR count). The zero-order chi connectivity index (χ0) is 9.14. The summed E-state index contributed by atoms with van der Waals surface area (Å²) >= 11 is 0. The first-order valence-corrected chi connectivity index (χ1v) is 4.38. The van der Waals surface area contributed by atoms with Crippen molar-refractivity contribution in [2.24, 2.45) is 5.92 Å². The normalized spacial score (nSPS) is 24.2. The van der Waals surface area contributed by atoms with Gasteiger partial charge in [0.2, 0.25) is 5.91 Å². The van der Waals surface area contributed by atoms with Crippen molar-refractivity contribution in [3.8, 4) is 0 Å². The quantitative estimate of drug-likeness (QED) is 0.643. The van der Waals surface area contributed by atoms with E-state index in [4.69, 9.17) is 5.11 Å². The molecule has 1 aliphatic heterocycles. The number of carboxylic acids is 1. The van der Waals surface area contributed by atoms with E-state index in [-0.39, 0.29) is 18.2 Å². The van der Waals surface area contributed by atoms with Gasteiger partial charge in [-0.05, 0) is 21.7 Å². The minimum absolute atomic E-state index is 0.0849. The molecule has 1 amide bonds. The van der Waals surface area contributed by atoms with Crippen molar-refractivity contribution in [2.45, 2.75) is 19.3 Å². The SMILES string of the molecule is O=C(O)CC1CCC(=O)N(P)C1. The zero-order valence-corrected chi connectivity index (χ0v) is 7.85. The van der Waals surface area contributed by atoms with Gasteiger partial charge in [0.25, 0.3) is 0 Å². The van der Waals surface area contributed by atoms with Gasteiger partial charge in [-0.1, -0.05) is 0 Å². The van der Waals surface area contributed by atoms with Gasteiger partial charge in [-0.2, -0.15) is 0 Å². The Hall–Kier alpha value is -0.630. The molecule has 1 heterocycles. The molecule has 1 fully saturated rings. The number of hydrogen-bond donors (Lipinski definition) is 1. The number of hydrogen-bond acceptors (Lipinski definition) is 2. The summed E-state index contributed by atoms with van der Waals surface area (Å²) in [6, 6.07) is 0. The highest BCUT2D eigenvalue weighted by Crippen LogP contribution is 2.22. The number of carbonyl (C=O) groups excluding carboxylic acids is 1. The van der Waals surface area contributed by atoms with Gasteiger partial charge in [-0.25, -0.2) is 0 Å². The topological polar surface area (TPSA) is 57.6 Å². The van der Waals surface area contributed by atoms with Gasteiger partial charge in [0.1, 0.15) is 0 Å². The van der Waals surface area contributed by atoms with Gasteiger partial charge in [-0.3, -0.25) is 9.59 Å². The third-order valence-electron chi connectivity index (χ3n) is 2.00. The van der Waals surface area contributed by atoms with Gasteiger partial charge in [0, 0.05) is 19.4 Å². The lowest BCUT2D eigenvalue weighted by Gasteiger charge is -2.28. The molecule has 1 aliphatic rings. The fraction of sp³-hybridized carbons (Fsp3) is 0.714. The molecule has 0 radical (unpaired) electrons. The van der Waals surface area contributed by atoms with Crippen molar-refractivity contribution in [1.29, 1.82) is 0 Å². The summed E-state index contributed by atoms with van der Waals surface area (Å²) in [5, 5.41) is 8.51. The van der Waals surface area contributed by atoms with Crippen LogP contribution < -0.4 is 0 Å². The second-order valence-corrected chi connectivity index (χ2v) is 3.67. The first kappa shape index (κ1) is 9.46. The van der Waals surface area contributed by atoms with E-state index in [9.17, 15) is 9.59 Å². The highest BCUT2D eigenvalue weighted by molar-refractivity contribution is 7.14. The van der Waals surface area contributed by atoms with Gasteiger partial charge in [0.05, 0.1) is 0 Å². The fourth-order valence-corrected chi connectivity index (χ4v) is 1.78. The number of carbonyl (C=O) groups is 2. The Bertz CT molecular complexity index is 207. The van der Waals surface area contributed by atoms with Crippen molar-refractivity contribution >= 4 is 21.3 Å². The molecule has 1 saturated heterocycles.